The van der Waals surface area contributed by atoms with Crippen LogP contribution >= 0.6 is 15.9 Å². The largest absolute Gasteiger partial charge is 0.469 e. The first-order chi connectivity index (χ1) is 9.54. The van der Waals surface area contributed by atoms with Gasteiger partial charge in [-0.3, -0.25) is 14.6 Å². The zero-order valence-corrected chi connectivity index (χ0v) is 12.8. The fourth-order valence-electron chi connectivity index (χ4n) is 2.04. The quantitative estimate of drug-likeness (QED) is 0.634. The third-order valence-corrected chi connectivity index (χ3v) is 3.80. The second-order valence-corrected chi connectivity index (χ2v) is 5.40. The van der Waals surface area contributed by atoms with Gasteiger partial charge in [-0.2, -0.15) is 0 Å². The van der Waals surface area contributed by atoms with Gasteiger partial charge in [0.05, 0.1) is 18.5 Å². The molecule has 0 amide bonds. The molecule has 0 saturated carbocycles. The molecule has 0 aliphatic carbocycles. The van der Waals surface area contributed by atoms with E-state index in [0.29, 0.717) is 11.1 Å². The number of hydrogen-bond donors (Lipinski definition) is 0. The maximum atomic E-state index is 12.3. The third-order valence-electron chi connectivity index (χ3n) is 3.11. The number of aromatic nitrogens is 1. The van der Waals surface area contributed by atoms with Gasteiger partial charge in [-0.15, -0.1) is 0 Å². The molecule has 0 bridgehead atoms. The first-order valence-corrected chi connectivity index (χ1v) is 6.98. The van der Waals surface area contributed by atoms with Gasteiger partial charge in [0.25, 0.3) is 0 Å². The molecule has 5 heteroatoms. The van der Waals surface area contributed by atoms with Crippen molar-refractivity contribution in [2.45, 2.75) is 13.3 Å². The summed E-state index contributed by atoms with van der Waals surface area (Å²) in [5, 5.41) is 0.879. The number of halogens is 1. The molecule has 1 unspecified atom stereocenters. The maximum Gasteiger partial charge on any atom is 0.308 e. The SMILES string of the molecule is COC(=O)C(C)CC(=O)c1ccc(Br)c2cccnc12. The fraction of sp³-hybridized carbons (Fsp3) is 0.267. The van der Waals surface area contributed by atoms with Crippen LogP contribution in [0.25, 0.3) is 10.9 Å². The molecule has 1 atom stereocenters. The van der Waals surface area contributed by atoms with Crippen LogP contribution in [-0.4, -0.2) is 23.8 Å². The first kappa shape index (κ1) is 14.7. The Hall–Kier alpha value is -1.75. The van der Waals surface area contributed by atoms with E-state index in [0.717, 1.165) is 9.86 Å². The lowest BCUT2D eigenvalue weighted by Crippen LogP contribution is -2.17. The lowest BCUT2D eigenvalue weighted by atomic mass is 9.98. The number of fused-ring (bicyclic) bond motifs is 1. The van der Waals surface area contributed by atoms with Gasteiger partial charge in [-0.05, 0) is 18.2 Å². The smallest absolute Gasteiger partial charge is 0.308 e. The van der Waals surface area contributed by atoms with Gasteiger partial charge in [0.2, 0.25) is 0 Å². The molecule has 0 fully saturated rings. The number of hydrogen-bond acceptors (Lipinski definition) is 4. The van der Waals surface area contributed by atoms with Crippen molar-refractivity contribution in [1.29, 1.82) is 0 Å². The van der Waals surface area contributed by atoms with Crippen molar-refractivity contribution >= 4 is 38.6 Å². The minimum Gasteiger partial charge on any atom is -0.469 e. The van der Waals surface area contributed by atoms with Crippen LogP contribution < -0.4 is 0 Å². The predicted octanol–water partition coefficient (Wildman–Crippen LogP) is 3.38. The second kappa shape index (κ2) is 6.13. The summed E-state index contributed by atoms with van der Waals surface area (Å²) >= 11 is 3.44. The van der Waals surface area contributed by atoms with E-state index in [9.17, 15) is 9.59 Å². The lowest BCUT2D eigenvalue weighted by molar-refractivity contribution is -0.144. The zero-order valence-electron chi connectivity index (χ0n) is 11.2. The minimum absolute atomic E-state index is 0.111. The molecule has 0 spiro atoms. The van der Waals surface area contributed by atoms with Crippen LogP contribution in [0.3, 0.4) is 0 Å². The number of methoxy groups -OCH3 is 1. The molecule has 0 N–H and O–H groups in total. The molecule has 2 aromatic rings. The van der Waals surface area contributed by atoms with E-state index in [4.69, 9.17) is 0 Å². The van der Waals surface area contributed by atoms with Gasteiger partial charge >= 0.3 is 5.97 Å². The summed E-state index contributed by atoms with van der Waals surface area (Å²) in [5.41, 5.74) is 1.17. The van der Waals surface area contributed by atoms with E-state index in [1.165, 1.54) is 7.11 Å². The average Bonchev–Trinajstić information content (AvgIpc) is 2.46. The molecule has 1 aromatic carbocycles. The highest BCUT2D eigenvalue weighted by Gasteiger charge is 2.20. The Morgan fingerprint density at radius 3 is 2.80 bits per heavy atom. The minimum atomic E-state index is -0.463. The standard InChI is InChI=1S/C15H14BrNO3/c1-9(15(19)20-2)8-13(18)11-5-6-12(16)10-4-3-7-17-14(10)11/h3-7,9H,8H2,1-2H3. The summed E-state index contributed by atoms with van der Waals surface area (Å²) in [6, 6.07) is 7.26. The molecule has 1 aromatic heterocycles. The topological polar surface area (TPSA) is 56.3 Å². The number of carbonyl (C=O) groups excluding carboxylic acids is 2. The summed E-state index contributed by atoms with van der Waals surface area (Å²) in [7, 11) is 1.32. The number of esters is 1. The highest BCUT2D eigenvalue weighted by Crippen LogP contribution is 2.26. The molecular formula is C15H14BrNO3. The number of nitrogens with zero attached hydrogens (tertiary/aromatic N) is 1. The number of ketones is 1. The molecule has 20 heavy (non-hydrogen) atoms. The molecular weight excluding hydrogens is 322 g/mol. The van der Waals surface area contributed by atoms with Gasteiger partial charge in [0, 0.05) is 28.0 Å². The van der Waals surface area contributed by atoms with E-state index in [1.807, 2.05) is 18.2 Å². The Bertz CT molecular complexity index is 669. The highest BCUT2D eigenvalue weighted by molar-refractivity contribution is 9.10. The van der Waals surface area contributed by atoms with Crippen molar-refractivity contribution in [2.24, 2.45) is 5.92 Å². The van der Waals surface area contributed by atoms with Crippen LogP contribution in [0.1, 0.15) is 23.7 Å². The first-order valence-electron chi connectivity index (χ1n) is 6.19. The van der Waals surface area contributed by atoms with Gasteiger partial charge in [0.15, 0.2) is 5.78 Å². The molecule has 1 heterocycles. The Morgan fingerprint density at radius 1 is 1.35 bits per heavy atom. The third kappa shape index (κ3) is 2.88. The molecule has 0 aliphatic rings. The van der Waals surface area contributed by atoms with Crippen molar-refractivity contribution in [3.8, 4) is 0 Å². The summed E-state index contributed by atoms with van der Waals surface area (Å²) < 4.78 is 5.53. The summed E-state index contributed by atoms with van der Waals surface area (Å²) in [6.45, 7) is 1.68. The fourth-order valence-corrected chi connectivity index (χ4v) is 2.49. The average molecular weight is 336 g/mol. The Morgan fingerprint density at radius 2 is 2.10 bits per heavy atom. The number of pyridine rings is 1. The van der Waals surface area contributed by atoms with E-state index < -0.39 is 5.92 Å². The molecule has 4 nitrogen and oxygen atoms in total. The monoisotopic (exact) mass is 335 g/mol. The normalized spacial score (nSPS) is 12.2. The Labute approximate surface area is 125 Å². The van der Waals surface area contributed by atoms with Crippen molar-refractivity contribution in [3.05, 3.63) is 40.5 Å². The highest BCUT2D eigenvalue weighted by atomic mass is 79.9. The van der Waals surface area contributed by atoms with E-state index in [-0.39, 0.29) is 18.2 Å². The van der Waals surface area contributed by atoms with Gasteiger partial charge < -0.3 is 4.74 Å². The van der Waals surface area contributed by atoms with Crippen LogP contribution in [-0.2, 0) is 9.53 Å². The van der Waals surface area contributed by atoms with Gasteiger partial charge in [-0.25, -0.2) is 0 Å². The molecule has 0 radical (unpaired) electrons. The van der Waals surface area contributed by atoms with Crippen molar-refractivity contribution in [2.75, 3.05) is 7.11 Å². The van der Waals surface area contributed by atoms with E-state index >= 15 is 0 Å². The Kier molecular flexibility index (Phi) is 4.49. The summed E-state index contributed by atoms with van der Waals surface area (Å²) in [5.74, 6) is -0.957. The van der Waals surface area contributed by atoms with Crippen molar-refractivity contribution in [3.63, 3.8) is 0 Å². The molecule has 0 saturated heterocycles. The van der Waals surface area contributed by atoms with Crippen LogP contribution in [0.4, 0.5) is 0 Å². The molecule has 2 rings (SSSR count). The number of ether oxygens (including phenoxy) is 1. The van der Waals surface area contributed by atoms with Gasteiger partial charge in [0.1, 0.15) is 0 Å². The predicted molar refractivity (Wildman–Crippen MR) is 79.6 cm³/mol. The van der Waals surface area contributed by atoms with Gasteiger partial charge in [-0.1, -0.05) is 28.9 Å². The second-order valence-electron chi connectivity index (χ2n) is 4.55. The maximum absolute atomic E-state index is 12.3. The number of benzene rings is 1. The van der Waals surface area contributed by atoms with E-state index in [2.05, 4.69) is 25.7 Å². The number of Topliss-reactive ketones (excluding diaryl/α,β-unsaturated/α-hetero) is 1. The number of rotatable bonds is 4. The zero-order chi connectivity index (χ0) is 14.7. The molecule has 104 valence electrons. The van der Waals surface area contributed by atoms with Crippen molar-refractivity contribution < 1.29 is 14.3 Å². The summed E-state index contributed by atoms with van der Waals surface area (Å²) in [4.78, 5) is 28.0. The van der Waals surface area contributed by atoms with Crippen LogP contribution in [0.15, 0.2) is 34.9 Å². The van der Waals surface area contributed by atoms with Crippen molar-refractivity contribution in [1.82, 2.24) is 4.98 Å². The molecule has 0 aliphatic heterocycles. The van der Waals surface area contributed by atoms with Crippen LogP contribution in [0.5, 0.6) is 0 Å². The van der Waals surface area contributed by atoms with Crippen LogP contribution in [0.2, 0.25) is 0 Å². The summed E-state index contributed by atoms with van der Waals surface area (Å²) in [6.07, 6.45) is 1.76. The van der Waals surface area contributed by atoms with Crippen LogP contribution in [0, 0.1) is 5.92 Å². The van der Waals surface area contributed by atoms with E-state index in [1.54, 1.807) is 19.2 Å². The lowest BCUT2D eigenvalue weighted by Gasteiger charge is -2.10. The number of carbonyl (C=O) groups is 2. The Balaban J connectivity index is 2.36.